The van der Waals surface area contributed by atoms with Crippen LogP contribution in [0.5, 0.6) is 0 Å². The van der Waals surface area contributed by atoms with E-state index in [1.54, 1.807) is 0 Å². The van der Waals surface area contributed by atoms with Gasteiger partial charge in [0.1, 0.15) is 5.78 Å². The van der Waals surface area contributed by atoms with Crippen molar-refractivity contribution < 1.29 is 4.79 Å². The third kappa shape index (κ3) is 2.14. The Bertz CT molecular complexity index is 549. The van der Waals surface area contributed by atoms with E-state index in [1.807, 2.05) is 18.3 Å². The van der Waals surface area contributed by atoms with E-state index < -0.39 is 0 Å². The smallest absolute Gasteiger partial charge is 0.142 e. The quantitative estimate of drug-likeness (QED) is 0.827. The molecule has 1 aromatic heterocycles. The van der Waals surface area contributed by atoms with Gasteiger partial charge in [0, 0.05) is 29.1 Å². The van der Waals surface area contributed by atoms with Crippen molar-refractivity contribution in [1.82, 2.24) is 4.98 Å². The van der Waals surface area contributed by atoms with Gasteiger partial charge in [0.15, 0.2) is 0 Å². The largest absolute Gasteiger partial charge is 0.299 e. The molecule has 0 radical (unpaired) electrons. The Balaban J connectivity index is 0.00000125. The molecule has 1 aromatic rings. The number of ketones is 1. The molecule has 2 atom stereocenters. The van der Waals surface area contributed by atoms with Crippen molar-refractivity contribution >= 4 is 18.2 Å². The molecule has 0 N–H and O–H groups in total. The van der Waals surface area contributed by atoms with Crippen LogP contribution >= 0.6 is 12.4 Å². The Morgan fingerprint density at radius 2 is 1.64 bits per heavy atom. The zero-order valence-corrected chi connectivity index (χ0v) is 13.7. The van der Waals surface area contributed by atoms with Gasteiger partial charge < -0.3 is 0 Å². The lowest BCUT2D eigenvalue weighted by molar-refractivity contribution is -0.145. The third-order valence-electron chi connectivity index (χ3n) is 6.76. The van der Waals surface area contributed by atoms with Crippen LogP contribution in [-0.2, 0) is 4.79 Å². The van der Waals surface area contributed by atoms with Crippen LogP contribution in [0.25, 0.3) is 0 Å². The molecule has 0 aliphatic heterocycles. The molecule has 4 bridgehead atoms. The maximum absolute atomic E-state index is 13.2. The molecule has 0 saturated heterocycles. The molecule has 1 heterocycles. The van der Waals surface area contributed by atoms with Crippen molar-refractivity contribution in [2.24, 2.45) is 29.1 Å². The highest BCUT2D eigenvalue weighted by Crippen LogP contribution is 2.63. The van der Waals surface area contributed by atoms with Crippen molar-refractivity contribution in [2.75, 3.05) is 0 Å². The molecule has 5 fully saturated rings. The number of nitrogens with zero attached hydrogens (tertiary/aromatic N) is 1. The summed E-state index contributed by atoms with van der Waals surface area (Å²) in [5.41, 5.74) is 1.23. The number of halogens is 1. The third-order valence-corrected chi connectivity index (χ3v) is 6.76. The van der Waals surface area contributed by atoms with E-state index in [9.17, 15) is 4.79 Å². The lowest BCUT2D eigenvalue weighted by atomic mass is 9.48. The van der Waals surface area contributed by atoms with Gasteiger partial charge >= 0.3 is 0 Å². The van der Waals surface area contributed by atoms with Crippen LogP contribution in [0, 0.1) is 29.1 Å². The minimum absolute atomic E-state index is 0. The molecule has 2 unspecified atom stereocenters. The minimum atomic E-state index is 0. The summed E-state index contributed by atoms with van der Waals surface area (Å²) in [5, 5.41) is 0. The van der Waals surface area contributed by atoms with Gasteiger partial charge in [-0.15, -0.1) is 12.4 Å². The number of rotatable bonds is 3. The maximum Gasteiger partial charge on any atom is 0.142 e. The van der Waals surface area contributed by atoms with Crippen LogP contribution in [0.1, 0.15) is 56.6 Å². The molecular formula is C19H24ClNO. The summed E-state index contributed by atoms with van der Waals surface area (Å²) in [6, 6.07) is 6.10. The molecule has 0 aromatic carbocycles. The van der Waals surface area contributed by atoms with E-state index in [2.05, 4.69) is 11.1 Å². The summed E-state index contributed by atoms with van der Waals surface area (Å²) >= 11 is 0. The van der Waals surface area contributed by atoms with Gasteiger partial charge in [-0.2, -0.15) is 0 Å². The number of hydrogen-bond acceptors (Lipinski definition) is 2. The average Bonchev–Trinajstić information content (AvgIpc) is 3.26. The summed E-state index contributed by atoms with van der Waals surface area (Å²) in [6.45, 7) is 0. The Morgan fingerprint density at radius 3 is 2.18 bits per heavy atom. The fourth-order valence-corrected chi connectivity index (χ4v) is 6.21. The zero-order valence-electron chi connectivity index (χ0n) is 12.9. The van der Waals surface area contributed by atoms with Crippen molar-refractivity contribution in [3.05, 3.63) is 30.1 Å². The van der Waals surface area contributed by atoms with E-state index in [0.29, 0.717) is 11.7 Å². The molecule has 2 nitrogen and oxygen atoms in total. The predicted molar refractivity (Wildman–Crippen MR) is 87.9 cm³/mol. The first kappa shape index (κ1) is 14.7. The molecule has 118 valence electrons. The van der Waals surface area contributed by atoms with Gasteiger partial charge in [-0.1, -0.05) is 6.07 Å². The number of hydrogen-bond donors (Lipinski definition) is 0. The summed E-state index contributed by atoms with van der Waals surface area (Å²) in [5.74, 6) is 3.94. The second-order valence-corrected chi connectivity index (χ2v) is 8.27. The van der Waals surface area contributed by atoms with Crippen LogP contribution < -0.4 is 0 Å². The van der Waals surface area contributed by atoms with E-state index in [1.165, 1.54) is 38.5 Å². The second-order valence-electron chi connectivity index (χ2n) is 8.27. The topological polar surface area (TPSA) is 30.0 Å². The first-order valence-electron chi connectivity index (χ1n) is 8.69. The summed E-state index contributed by atoms with van der Waals surface area (Å²) in [7, 11) is 0. The standard InChI is InChI=1S/C19H23NO.ClH/c21-18(16-8-15(16)17-3-1-2-4-20-17)19-9-12-5-13(10-19)7-14(6-12)11-19;/h1-4,12-16H,5-11H2;1H. The van der Waals surface area contributed by atoms with Crippen LogP contribution in [0.4, 0.5) is 0 Å². The van der Waals surface area contributed by atoms with E-state index in [0.717, 1.165) is 29.9 Å². The van der Waals surface area contributed by atoms with Gasteiger partial charge in [-0.3, -0.25) is 9.78 Å². The molecule has 22 heavy (non-hydrogen) atoms. The van der Waals surface area contributed by atoms with Crippen molar-refractivity contribution in [1.29, 1.82) is 0 Å². The van der Waals surface area contributed by atoms with Crippen molar-refractivity contribution in [3.8, 4) is 0 Å². The van der Waals surface area contributed by atoms with Crippen LogP contribution in [0.3, 0.4) is 0 Å². The highest BCUT2D eigenvalue weighted by Gasteiger charge is 2.59. The van der Waals surface area contributed by atoms with Gasteiger partial charge in [0.2, 0.25) is 0 Å². The van der Waals surface area contributed by atoms with Crippen LogP contribution in [-0.4, -0.2) is 10.8 Å². The Kier molecular flexibility index (Phi) is 3.38. The molecule has 6 rings (SSSR count). The average molecular weight is 318 g/mol. The van der Waals surface area contributed by atoms with Crippen LogP contribution in [0.2, 0.25) is 0 Å². The Labute approximate surface area is 138 Å². The molecule has 5 saturated carbocycles. The highest BCUT2D eigenvalue weighted by molar-refractivity contribution is 5.90. The molecule has 0 amide bonds. The first-order valence-corrected chi connectivity index (χ1v) is 8.69. The molecular weight excluding hydrogens is 294 g/mol. The van der Waals surface area contributed by atoms with Gasteiger partial charge in [0.25, 0.3) is 0 Å². The SMILES string of the molecule is Cl.O=C(C1CC1c1ccccn1)C12CC3CC(CC(C3)C1)C2. The molecule has 0 spiro atoms. The normalized spacial score (nSPS) is 44.5. The number of Topliss-reactive ketones (excluding diaryl/α,β-unsaturated/α-hetero) is 1. The molecule has 3 heteroatoms. The Hall–Kier alpha value is -0.890. The van der Waals surface area contributed by atoms with Gasteiger partial charge in [0.05, 0.1) is 0 Å². The van der Waals surface area contributed by atoms with E-state index in [-0.39, 0.29) is 23.7 Å². The van der Waals surface area contributed by atoms with Crippen LogP contribution in [0.15, 0.2) is 24.4 Å². The van der Waals surface area contributed by atoms with Crippen molar-refractivity contribution in [3.63, 3.8) is 0 Å². The summed E-state index contributed by atoms with van der Waals surface area (Å²) < 4.78 is 0. The predicted octanol–water partition coefficient (Wildman–Crippen LogP) is 4.39. The molecule has 5 aliphatic carbocycles. The fourth-order valence-electron chi connectivity index (χ4n) is 6.21. The lowest BCUT2D eigenvalue weighted by Gasteiger charge is -2.56. The number of aromatic nitrogens is 1. The van der Waals surface area contributed by atoms with Crippen molar-refractivity contribution in [2.45, 2.75) is 50.9 Å². The monoisotopic (exact) mass is 317 g/mol. The number of carbonyl (C=O) groups is 1. The minimum Gasteiger partial charge on any atom is -0.299 e. The van der Waals surface area contributed by atoms with E-state index in [4.69, 9.17) is 0 Å². The zero-order chi connectivity index (χ0) is 14.0. The second kappa shape index (κ2) is 5.06. The van der Waals surface area contributed by atoms with Gasteiger partial charge in [-0.25, -0.2) is 0 Å². The number of pyridine rings is 1. The Morgan fingerprint density at radius 1 is 1.00 bits per heavy atom. The fraction of sp³-hybridized carbons (Fsp3) is 0.684. The first-order chi connectivity index (χ1) is 10.2. The summed E-state index contributed by atoms with van der Waals surface area (Å²) in [4.78, 5) is 17.7. The maximum atomic E-state index is 13.2. The van der Waals surface area contributed by atoms with E-state index >= 15 is 0 Å². The molecule has 5 aliphatic rings. The van der Waals surface area contributed by atoms with Gasteiger partial charge in [-0.05, 0) is 74.8 Å². The summed E-state index contributed by atoms with van der Waals surface area (Å²) in [6.07, 6.45) is 10.8. The lowest BCUT2D eigenvalue weighted by Crippen LogP contribution is -2.50. The number of carbonyl (C=O) groups excluding carboxylic acids is 1. The highest BCUT2D eigenvalue weighted by atomic mass is 35.5.